The van der Waals surface area contributed by atoms with E-state index in [9.17, 15) is 9.59 Å². The van der Waals surface area contributed by atoms with Crippen LogP contribution in [-0.2, 0) is 0 Å². The Labute approximate surface area is 146 Å². The van der Waals surface area contributed by atoms with Crippen molar-refractivity contribution in [1.29, 1.82) is 0 Å². The lowest BCUT2D eigenvalue weighted by atomic mass is 10.2. The third-order valence-electron chi connectivity index (χ3n) is 3.23. The lowest BCUT2D eigenvalue weighted by Gasteiger charge is -2.03. The van der Waals surface area contributed by atoms with E-state index in [1.165, 1.54) is 0 Å². The van der Waals surface area contributed by atoms with E-state index in [0.717, 1.165) is 17.9 Å². The number of anilines is 2. The monoisotopic (exact) mass is 344 g/mol. The second kappa shape index (κ2) is 10.6. The summed E-state index contributed by atoms with van der Waals surface area (Å²) in [6, 6.07) is 14.2. The summed E-state index contributed by atoms with van der Waals surface area (Å²) in [6.07, 6.45) is 0. The summed E-state index contributed by atoms with van der Waals surface area (Å²) in [7, 11) is 1.82. The molecule has 8 heteroatoms. The van der Waals surface area contributed by atoms with Crippen LogP contribution in [-0.4, -0.2) is 25.4 Å². The number of nitrogens with one attached hydrogen (secondary N) is 4. The average molecular weight is 344 g/mol. The fraction of sp³-hybridized carbons (Fsp3) is 0.176. The van der Waals surface area contributed by atoms with Gasteiger partial charge >= 0.3 is 0 Å². The molecule has 0 saturated carbocycles. The predicted molar refractivity (Wildman–Crippen MR) is 99.9 cm³/mol. The quantitative estimate of drug-likeness (QED) is 0.273. The van der Waals surface area contributed by atoms with Gasteiger partial charge in [0.1, 0.15) is 0 Å². The summed E-state index contributed by atoms with van der Waals surface area (Å²) in [5.41, 5.74) is 7.20. The predicted octanol–water partition coefficient (Wildman–Crippen LogP) is 1.05. The van der Waals surface area contributed by atoms with E-state index < -0.39 is 0 Å². The fourth-order valence-corrected chi connectivity index (χ4v) is 1.90. The van der Waals surface area contributed by atoms with Crippen LogP contribution in [0.25, 0.3) is 0 Å². The highest BCUT2D eigenvalue weighted by atomic mass is 16.2. The minimum Gasteiger partial charge on any atom is -0.388 e. The molecule has 2 rings (SSSR count). The topological polar surface area (TPSA) is 134 Å². The van der Waals surface area contributed by atoms with Crippen LogP contribution in [0.5, 0.6) is 0 Å². The Kier molecular flexibility index (Phi) is 8.48. The molecule has 0 saturated heterocycles. The Bertz CT molecular complexity index is 671. The number of carbonyl (C=O) groups excluding carboxylic acids is 2. The maximum atomic E-state index is 11.0. The second-order valence-corrected chi connectivity index (χ2v) is 4.88. The van der Waals surface area contributed by atoms with Gasteiger partial charge in [-0.25, -0.2) is 11.7 Å². The zero-order valence-electron chi connectivity index (χ0n) is 14.3. The number of hydrogen-bond acceptors (Lipinski definition) is 6. The molecule has 0 aliphatic heterocycles. The normalized spacial score (nSPS) is 9.28. The van der Waals surface area contributed by atoms with Crippen LogP contribution < -0.4 is 33.2 Å². The van der Waals surface area contributed by atoms with E-state index in [1.807, 2.05) is 38.2 Å². The van der Waals surface area contributed by atoms with Gasteiger partial charge < -0.3 is 10.6 Å². The molecule has 2 aromatic carbocycles. The molecular weight excluding hydrogens is 320 g/mol. The van der Waals surface area contributed by atoms with Gasteiger partial charge in [-0.15, -0.1) is 0 Å². The highest BCUT2D eigenvalue weighted by Gasteiger charge is 2.02. The summed E-state index contributed by atoms with van der Waals surface area (Å²) in [6.45, 7) is 2.88. The lowest BCUT2D eigenvalue weighted by Crippen LogP contribution is -2.29. The van der Waals surface area contributed by atoms with Crippen molar-refractivity contribution in [2.75, 3.05) is 24.2 Å². The molecule has 0 radical (unpaired) electrons. The molecule has 0 heterocycles. The zero-order chi connectivity index (χ0) is 18.7. The van der Waals surface area contributed by atoms with Crippen LogP contribution in [0.15, 0.2) is 48.5 Å². The number of nitrogen functional groups attached to an aromatic ring is 2. The standard InChI is InChI=1S/C9H13N3O.C8H11N3O/c1-2-11-8-5-3-7(4-6-8)9(13)12-10;1-10-7-4-2-6(3-5-7)8(12)11-9/h3-6,11H,2,10H2,1H3,(H,12,13);2-5,10H,9H2,1H3,(H,11,12). The number of hydrogen-bond donors (Lipinski definition) is 6. The summed E-state index contributed by atoms with van der Waals surface area (Å²) in [4.78, 5) is 22.0. The Balaban J connectivity index is 0.000000251. The minimum absolute atomic E-state index is 0.275. The molecule has 25 heavy (non-hydrogen) atoms. The maximum absolute atomic E-state index is 11.0. The number of amides is 2. The number of rotatable bonds is 5. The number of nitrogens with two attached hydrogens (primary N) is 2. The summed E-state index contributed by atoms with van der Waals surface area (Å²) >= 11 is 0. The summed E-state index contributed by atoms with van der Waals surface area (Å²) in [5.74, 6) is 9.39. The highest BCUT2D eigenvalue weighted by molar-refractivity contribution is 5.94. The van der Waals surface area contributed by atoms with Crippen molar-refractivity contribution in [1.82, 2.24) is 10.9 Å². The molecule has 0 aliphatic carbocycles. The highest BCUT2D eigenvalue weighted by Crippen LogP contribution is 2.09. The second-order valence-electron chi connectivity index (χ2n) is 4.88. The Morgan fingerprint density at radius 1 is 0.800 bits per heavy atom. The van der Waals surface area contributed by atoms with Gasteiger partial charge in [-0.2, -0.15) is 0 Å². The van der Waals surface area contributed by atoms with Crippen LogP contribution >= 0.6 is 0 Å². The van der Waals surface area contributed by atoms with Crippen LogP contribution in [0, 0.1) is 0 Å². The van der Waals surface area contributed by atoms with Gasteiger partial charge in [0.05, 0.1) is 0 Å². The molecule has 8 nitrogen and oxygen atoms in total. The SMILES string of the molecule is CCNc1ccc(C(=O)NN)cc1.CNc1ccc(C(=O)NN)cc1. The summed E-state index contributed by atoms with van der Waals surface area (Å²) in [5, 5.41) is 6.08. The lowest BCUT2D eigenvalue weighted by molar-refractivity contribution is 0.0945. The van der Waals surface area contributed by atoms with Gasteiger partial charge in [0.25, 0.3) is 11.8 Å². The molecule has 0 bridgehead atoms. The fourth-order valence-electron chi connectivity index (χ4n) is 1.90. The molecule has 2 aromatic rings. The van der Waals surface area contributed by atoms with Crippen molar-refractivity contribution in [3.63, 3.8) is 0 Å². The summed E-state index contributed by atoms with van der Waals surface area (Å²) < 4.78 is 0. The van der Waals surface area contributed by atoms with Gasteiger partial charge in [-0.1, -0.05) is 0 Å². The van der Waals surface area contributed by atoms with Crippen LogP contribution in [0.2, 0.25) is 0 Å². The van der Waals surface area contributed by atoms with Crippen molar-refractivity contribution in [3.8, 4) is 0 Å². The third kappa shape index (κ3) is 6.50. The first-order chi connectivity index (χ1) is 12.0. The van der Waals surface area contributed by atoms with E-state index in [2.05, 4.69) is 21.5 Å². The molecule has 0 aromatic heterocycles. The van der Waals surface area contributed by atoms with Gasteiger partial charge in [0.2, 0.25) is 0 Å². The first-order valence-electron chi connectivity index (χ1n) is 7.69. The molecule has 0 aliphatic rings. The molecule has 2 amide bonds. The first kappa shape index (κ1) is 19.9. The first-order valence-corrected chi connectivity index (χ1v) is 7.69. The van der Waals surface area contributed by atoms with E-state index in [4.69, 9.17) is 11.7 Å². The van der Waals surface area contributed by atoms with Crippen LogP contribution in [0.3, 0.4) is 0 Å². The number of carbonyl (C=O) groups is 2. The average Bonchev–Trinajstić information content (AvgIpc) is 2.68. The van der Waals surface area contributed by atoms with Gasteiger partial charge in [0.15, 0.2) is 0 Å². The molecule has 0 fully saturated rings. The van der Waals surface area contributed by atoms with Crippen molar-refractivity contribution in [2.45, 2.75) is 6.92 Å². The maximum Gasteiger partial charge on any atom is 0.265 e. The van der Waals surface area contributed by atoms with Gasteiger partial charge in [-0.05, 0) is 55.5 Å². The van der Waals surface area contributed by atoms with Crippen LogP contribution in [0.1, 0.15) is 27.6 Å². The molecule has 8 N–H and O–H groups in total. The molecule has 0 unspecified atom stereocenters. The van der Waals surface area contributed by atoms with Gasteiger partial charge in [0, 0.05) is 36.1 Å². The van der Waals surface area contributed by atoms with Crippen molar-refractivity contribution in [2.24, 2.45) is 11.7 Å². The third-order valence-corrected chi connectivity index (χ3v) is 3.23. The van der Waals surface area contributed by atoms with E-state index in [0.29, 0.717) is 11.1 Å². The largest absolute Gasteiger partial charge is 0.388 e. The van der Waals surface area contributed by atoms with Crippen molar-refractivity contribution < 1.29 is 9.59 Å². The van der Waals surface area contributed by atoms with Crippen LogP contribution in [0.4, 0.5) is 11.4 Å². The van der Waals surface area contributed by atoms with E-state index in [1.54, 1.807) is 24.3 Å². The Hall–Kier alpha value is -3.10. The zero-order valence-corrected chi connectivity index (χ0v) is 14.3. The molecule has 0 atom stereocenters. The molecular formula is C17H24N6O2. The number of hydrazine groups is 2. The molecule has 134 valence electrons. The Morgan fingerprint density at radius 2 is 1.20 bits per heavy atom. The molecule has 0 spiro atoms. The Morgan fingerprint density at radius 3 is 1.52 bits per heavy atom. The van der Waals surface area contributed by atoms with Gasteiger partial charge in [-0.3, -0.25) is 20.4 Å². The smallest absolute Gasteiger partial charge is 0.265 e. The van der Waals surface area contributed by atoms with E-state index in [-0.39, 0.29) is 11.8 Å². The van der Waals surface area contributed by atoms with E-state index >= 15 is 0 Å². The van der Waals surface area contributed by atoms with Crippen molar-refractivity contribution in [3.05, 3.63) is 59.7 Å². The minimum atomic E-state index is -0.280. The number of benzene rings is 2. The van der Waals surface area contributed by atoms with Crippen molar-refractivity contribution >= 4 is 23.2 Å².